The van der Waals surface area contributed by atoms with Gasteiger partial charge >= 0.3 is 5.97 Å². The molecule has 0 heterocycles. The zero-order valence-electron chi connectivity index (χ0n) is 14.1. The van der Waals surface area contributed by atoms with E-state index in [1.807, 2.05) is 48.5 Å². The molecule has 25 heavy (non-hydrogen) atoms. The van der Waals surface area contributed by atoms with Crippen LogP contribution in [-0.2, 0) is 16.1 Å². The van der Waals surface area contributed by atoms with Crippen LogP contribution >= 0.6 is 0 Å². The van der Waals surface area contributed by atoms with Crippen molar-refractivity contribution >= 4 is 11.9 Å². The van der Waals surface area contributed by atoms with Crippen LogP contribution in [0.4, 0.5) is 0 Å². The Morgan fingerprint density at radius 3 is 2.44 bits per heavy atom. The minimum absolute atomic E-state index is 0.0608. The molecule has 5 nitrogen and oxygen atoms in total. The SMILES string of the molecule is COc1cccc(-c2ccc(CNC(=O)C3CC(C(=O)O)C3)cc2)c1. The Hall–Kier alpha value is -2.82. The highest BCUT2D eigenvalue weighted by atomic mass is 16.5. The third-order valence-electron chi connectivity index (χ3n) is 4.68. The molecule has 0 aliphatic heterocycles. The summed E-state index contributed by atoms with van der Waals surface area (Å²) in [5.74, 6) is -0.587. The number of amides is 1. The molecule has 5 heteroatoms. The summed E-state index contributed by atoms with van der Waals surface area (Å²) in [6.07, 6.45) is 0.881. The number of carboxylic acid groups (broad SMARTS) is 1. The number of nitrogens with one attached hydrogen (secondary N) is 1. The Kier molecular flexibility index (Phi) is 5.03. The molecule has 0 atom stereocenters. The van der Waals surface area contributed by atoms with E-state index in [1.165, 1.54) is 0 Å². The van der Waals surface area contributed by atoms with Gasteiger partial charge in [-0.15, -0.1) is 0 Å². The third-order valence-corrected chi connectivity index (χ3v) is 4.68. The molecular formula is C20H21NO4. The van der Waals surface area contributed by atoms with Crippen LogP contribution in [-0.4, -0.2) is 24.1 Å². The number of rotatable bonds is 6. The van der Waals surface area contributed by atoms with Gasteiger partial charge in [-0.2, -0.15) is 0 Å². The van der Waals surface area contributed by atoms with Crippen LogP contribution < -0.4 is 10.1 Å². The summed E-state index contributed by atoms with van der Waals surface area (Å²) in [5, 5.41) is 11.7. The molecule has 2 N–H and O–H groups in total. The predicted molar refractivity (Wildman–Crippen MR) is 94.1 cm³/mol. The van der Waals surface area contributed by atoms with Gasteiger partial charge in [0.15, 0.2) is 0 Å². The minimum atomic E-state index is -0.808. The van der Waals surface area contributed by atoms with Crippen molar-refractivity contribution in [3.8, 4) is 16.9 Å². The number of hydrogen-bond donors (Lipinski definition) is 2. The van der Waals surface area contributed by atoms with Gasteiger partial charge in [-0.05, 0) is 41.7 Å². The van der Waals surface area contributed by atoms with Gasteiger partial charge in [-0.3, -0.25) is 9.59 Å². The molecule has 0 aromatic heterocycles. The lowest BCUT2D eigenvalue weighted by Gasteiger charge is -2.30. The van der Waals surface area contributed by atoms with E-state index in [-0.39, 0.29) is 17.7 Å². The fourth-order valence-electron chi connectivity index (χ4n) is 2.98. The Morgan fingerprint density at radius 1 is 1.08 bits per heavy atom. The monoisotopic (exact) mass is 339 g/mol. The van der Waals surface area contributed by atoms with Gasteiger partial charge < -0.3 is 15.2 Å². The van der Waals surface area contributed by atoms with E-state index >= 15 is 0 Å². The molecule has 2 aromatic carbocycles. The van der Waals surface area contributed by atoms with Crippen molar-refractivity contribution in [3.05, 3.63) is 54.1 Å². The molecule has 1 aliphatic carbocycles. The number of carbonyl (C=O) groups excluding carboxylic acids is 1. The number of methoxy groups -OCH3 is 1. The standard InChI is InChI=1S/C20H21NO4/c1-25-18-4-2-3-15(11-18)14-7-5-13(6-8-14)12-21-19(22)16-9-17(10-16)20(23)24/h2-8,11,16-17H,9-10,12H2,1H3,(H,21,22)(H,23,24). The number of ether oxygens (including phenoxy) is 1. The topological polar surface area (TPSA) is 75.6 Å². The summed E-state index contributed by atoms with van der Waals surface area (Å²) in [7, 11) is 1.64. The normalized spacial score (nSPS) is 18.9. The largest absolute Gasteiger partial charge is 0.497 e. The van der Waals surface area contributed by atoms with Crippen molar-refractivity contribution in [1.82, 2.24) is 5.32 Å². The molecule has 1 amide bonds. The van der Waals surface area contributed by atoms with Crippen LogP contribution in [0.5, 0.6) is 5.75 Å². The van der Waals surface area contributed by atoms with Crippen molar-refractivity contribution < 1.29 is 19.4 Å². The molecule has 3 rings (SSSR count). The highest BCUT2D eigenvalue weighted by Crippen LogP contribution is 2.34. The average Bonchev–Trinajstić information content (AvgIpc) is 2.59. The Balaban J connectivity index is 1.54. The second-order valence-electron chi connectivity index (χ2n) is 6.35. The van der Waals surface area contributed by atoms with Crippen LogP contribution in [0.3, 0.4) is 0 Å². The van der Waals surface area contributed by atoms with E-state index < -0.39 is 5.97 Å². The minimum Gasteiger partial charge on any atom is -0.497 e. The molecule has 1 saturated carbocycles. The second kappa shape index (κ2) is 7.38. The zero-order valence-corrected chi connectivity index (χ0v) is 14.1. The number of benzene rings is 2. The van der Waals surface area contributed by atoms with E-state index in [0.717, 1.165) is 22.4 Å². The molecule has 2 aromatic rings. The smallest absolute Gasteiger partial charge is 0.306 e. The van der Waals surface area contributed by atoms with Gasteiger partial charge in [0.05, 0.1) is 13.0 Å². The first kappa shape index (κ1) is 17.0. The highest BCUT2D eigenvalue weighted by Gasteiger charge is 2.38. The molecule has 1 fully saturated rings. The summed E-state index contributed by atoms with van der Waals surface area (Å²) >= 11 is 0. The molecule has 0 saturated heterocycles. The van der Waals surface area contributed by atoms with Gasteiger partial charge in [0.25, 0.3) is 0 Å². The van der Waals surface area contributed by atoms with E-state index in [0.29, 0.717) is 19.4 Å². The Morgan fingerprint density at radius 2 is 1.80 bits per heavy atom. The Labute approximate surface area is 146 Å². The molecular weight excluding hydrogens is 318 g/mol. The summed E-state index contributed by atoms with van der Waals surface area (Å²) < 4.78 is 5.24. The van der Waals surface area contributed by atoms with Crippen molar-refractivity contribution in [3.63, 3.8) is 0 Å². The van der Waals surface area contributed by atoms with Crippen LogP contribution in [0.25, 0.3) is 11.1 Å². The quantitative estimate of drug-likeness (QED) is 0.848. The van der Waals surface area contributed by atoms with Gasteiger partial charge in [0.2, 0.25) is 5.91 Å². The summed E-state index contributed by atoms with van der Waals surface area (Å²) in [5.41, 5.74) is 3.16. The first-order chi connectivity index (χ1) is 12.1. The lowest BCUT2D eigenvalue weighted by atomic mass is 9.74. The molecule has 0 bridgehead atoms. The van der Waals surface area contributed by atoms with Gasteiger partial charge in [-0.25, -0.2) is 0 Å². The molecule has 0 spiro atoms. The number of aliphatic carboxylic acids is 1. The molecule has 0 unspecified atom stereocenters. The maximum atomic E-state index is 12.0. The van der Waals surface area contributed by atoms with Crippen LogP contribution in [0.15, 0.2) is 48.5 Å². The first-order valence-corrected chi connectivity index (χ1v) is 8.30. The third kappa shape index (κ3) is 3.99. The summed E-state index contributed by atoms with van der Waals surface area (Å²) in [4.78, 5) is 22.8. The molecule has 1 aliphatic rings. The van der Waals surface area contributed by atoms with E-state index in [4.69, 9.17) is 9.84 Å². The maximum absolute atomic E-state index is 12.0. The first-order valence-electron chi connectivity index (χ1n) is 8.30. The van der Waals surface area contributed by atoms with Crippen molar-refractivity contribution in [1.29, 1.82) is 0 Å². The second-order valence-corrected chi connectivity index (χ2v) is 6.35. The molecule has 130 valence electrons. The van der Waals surface area contributed by atoms with E-state index in [2.05, 4.69) is 5.32 Å². The highest BCUT2D eigenvalue weighted by molar-refractivity contribution is 5.82. The van der Waals surface area contributed by atoms with Gasteiger partial charge in [0, 0.05) is 12.5 Å². The Bertz CT molecular complexity index is 764. The van der Waals surface area contributed by atoms with Crippen LogP contribution in [0.1, 0.15) is 18.4 Å². The number of carboxylic acids is 1. The van der Waals surface area contributed by atoms with E-state index in [1.54, 1.807) is 7.11 Å². The number of hydrogen-bond acceptors (Lipinski definition) is 3. The fourth-order valence-corrected chi connectivity index (χ4v) is 2.98. The average molecular weight is 339 g/mol. The fraction of sp³-hybridized carbons (Fsp3) is 0.300. The van der Waals surface area contributed by atoms with E-state index in [9.17, 15) is 9.59 Å². The van der Waals surface area contributed by atoms with Crippen LogP contribution in [0, 0.1) is 11.8 Å². The maximum Gasteiger partial charge on any atom is 0.306 e. The van der Waals surface area contributed by atoms with Gasteiger partial charge in [-0.1, -0.05) is 36.4 Å². The van der Waals surface area contributed by atoms with Gasteiger partial charge in [0.1, 0.15) is 5.75 Å². The number of carbonyl (C=O) groups is 2. The lowest BCUT2D eigenvalue weighted by molar-refractivity contribution is -0.148. The summed E-state index contributed by atoms with van der Waals surface area (Å²) in [6.45, 7) is 0.450. The lowest BCUT2D eigenvalue weighted by Crippen LogP contribution is -2.41. The summed E-state index contributed by atoms with van der Waals surface area (Å²) in [6, 6.07) is 15.8. The van der Waals surface area contributed by atoms with Crippen molar-refractivity contribution in [2.45, 2.75) is 19.4 Å². The van der Waals surface area contributed by atoms with Crippen molar-refractivity contribution in [2.75, 3.05) is 7.11 Å². The van der Waals surface area contributed by atoms with Crippen molar-refractivity contribution in [2.24, 2.45) is 11.8 Å². The zero-order chi connectivity index (χ0) is 17.8. The van der Waals surface area contributed by atoms with Crippen LogP contribution in [0.2, 0.25) is 0 Å². The predicted octanol–water partition coefficient (Wildman–Crippen LogP) is 3.09. The molecule has 0 radical (unpaired) electrons.